The van der Waals surface area contributed by atoms with Crippen LogP contribution >= 0.6 is 0 Å². The van der Waals surface area contributed by atoms with E-state index in [0.29, 0.717) is 19.1 Å². The van der Waals surface area contributed by atoms with E-state index in [9.17, 15) is 14.7 Å². The molecule has 7 heteroatoms. The van der Waals surface area contributed by atoms with Crippen LogP contribution in [0.3, 0.4) is 0 Å². The van der Waals surface area contributed by atoms with Crippen LogP contribution in [0, 0.1) is 5.92 Å². The van der Waals surface area contributed by atoms with Gasteiger partial charge in [0.25, 0.3) is 0 Å². The highest BCUT2D eigenvalue weighted by Gasteiger charge is 2.41. The van der Waals surface area contributed by atoms with Crippen LogP contribution in [0.5, 0.6) is 0 Å². The second-order valence-corrected chi connectivity index (χ2v) is 10.7. The van der Waals surface area contributed by atoms with Crippen LogP contribution in [0.1, 0.15) is 71.9 Å². The fourth-order valence-electron chi connectivity index (χ4n) is 5.10. The summed E-state index contributed by atoms with van der Waals surface area (Å²) < 4.78 is 6.39. The molecule has 2 heterocycles. The molecule has 0 saturated carbocycles. The molecular weight excluding hydrogens is 418 g/mol. The molecule has 7 nitrogen and oxygen atoms in total. The first-order valence-corrected chi connectivity index (χ1v) is 12.3. The van der Waals surface area contributed by atoms with Crippen LogP contribution in [-0.2, 0) is 9.53 Å². The first-order chi connectivity index (χ1) is 15.6. The number of carbonyl (C=O) groups is 2. The minimum absolute atomic E-state index is 0.0918. The predicted octanol–water partition coefficient (Wildman–Crippen LogP) is 4.29. The van der Waals surface area contributed by atoms with E-state index >= 15 is 0 Å². The van der Waals surface area contributed by atoms with Crippen LogP contribution in [-0.4, -0.2) is 70.3 Å². The van der Waals surface area contributed by atoms with Crippen LogP contribution in [0.15, 0.2) is 30.3 Å². The predicted molar refractivity (Wildman–Crippen MR) is 129 cm³/mol. The molecule has 2 unspecified atom stereocenters. The highest BCUT2D eigenvalue weighted by molar-refractivity contribution is 5.86. The van der Waals surface area contributed by atoms with E-state index in [2.05, 4.69) is 29.6 Å². The van der Waals surface area contributed by atoms with Crippen LogP contribution in [0.4, 0.5) is 4.79 Å². The van der Waals surface area contributed by atoms with Gasteiger partial charge in [0.15, 0.2) is 0 Å². The van der Waals surface area contributed by atoms with E-state index < -0.39 is 17.7 Å². The maximum Gasteiger partial charge on any atom is 0.408 e. The molecule has 2 saturated heterocycles. The Bertz CT molecular complexity index is 776. The van der Waals surface area contributed by atoms with Gasteiger partial charge < -0.3 is 20.1 Å². The Hall–Kier alpha value is -2.12. The minimum Gasteiger partial charge on any atom is -0.465 e. The van der Waals surface area contributed by atoms with E-state index in [1.54, 1.807) is 0 Å². The van der Waals surface area contributed by atoms with Crippen molar-refractivity contribution in [3.8, 4) is 0 Å². The van der Waals surface area contributed by atoms with Gasteiger partial charge in [-0.2, -0.15) is 0 Å². The zero-order valence-electron chi connectivity index (χ0n) is 20.8. The van der Waals surface area contributed by atoms with E-state index in [1.165, 1.54) is 10.5 Å². The van der Waals surface area contributed by atoms with Gasteiger partial charge in [0.05, 0.1) is 12.2 Å². The van der Waals surface area contributed by atoms with Crippen molar-refractivity contribution < 1.29 is 19.4 Å². The highest BCUT2D eigenvalue weighted by Crippen LogP contribution is 2.28. The van der Waals surface area contributed by atoms with Crippen LogP contribution < -0.4 is 5.32 Å². The summed E-state index contributed by atoms with van der Waals surface area (Å²) in [4.78, 5) is 28.5. The molecule has 2 aliphatic rings. The largest absolute Gasteiger partial charge is 0.465 e. The number of piperidine rings is 2. The Morgan fingerprint density at radius 2 is 1.70 bits per heavy atom. The molecule has 2 amide bonds. The molecule has 184 valence electrons. The summed E-state index contributed by atoms with van der Waals surface area (Å²) in [5.74, 6) is -0.196. The van der Waals surface area contributed by atoms with Crippen molar-refractivity contribution in [1.82, 2.24) is 15.1 Å². The SMILES string of the molecule is CC(C)[C@@H](C(=O)N1CCC(OC2CCC(c3ccccc3)NC2)CC1)N(C(=O)O)C(C)(C)C. The quantitative estimate of drug-likeness (QED) is 0.663. The minimum atomic E-state index is -1.05. The van der Waals surface area contributed by atoms with Crippen molar-refractivity contribution in [2.24, 2.45) is 5.92 Å². The zero-order valence-corrected chi connectivity index (χ0v) is 20.8. The van der Waals surface area contributed by atoms with Gasteiger partial charge in [-0.25, -0.2) is 4.79 Å². The number of likely N-dealkylation sites (tertiary alicyclic amines) is 1. The van der Waals surface area contributed by atoms with Gasteiger partial charge in [0, 0.05) is 31.2 Å². The van der Waals surface area contributed by atoms with Gasteiger partial charge in [0.1, 0.15) is 6.04 Å². The fraction of sp³-hybridized carbons (Fsp3) is 0.692. The number of ether oxygens (including phenoxy) is 1. The third kappa shape index (κ3) is 6.48. The lowest BCUT2D eigenvalue weighted by atomic mass is 9.94. The first-order valence-electron chi connectivity index (χ1n) is 12.3. The lowest BCUT2D eigenvalue weighted by Gasteiger charge is -2.44. The summed E-state index contributed by atoms with van der Waals surface area (Å²) in [6.07, 6.45) is 2.95. The molecule has 0 spiro atoms. The van der Waals surface area contributed by atoms with Crippen molar-refractivity contribution >= 4 is 12.0 Å². The van der Waals surface area contributed by atoms with Gasteiger partial charge in [-0.1, -0.05) is 44.2 Å². The lowest BCUT2D eigenvalue weighted by molar-refractivity contribution is -0.143. The van der Waals surface area contributed by atoms with Crippen molar-refractivity contribution in [3.63, 3.8) is 0 Å². The van der Waals surface area contributed by atoms with Gasteiger partial charge in [-0.15, -0.1) is 0 Å². The molecule has 33 heavy (non-hydrogen) atoms. The van der Waals surface area contributed by atoms with Gasteiger partial charge in [-0.3, -0.25) is 9.69 Å². The van der Waals surface area contributed by atoms with Crippen LogP contribution in [0.2, 0.25) is 0 Å². The van der Waals surface area contributed by atoms with Gasteiger partial charge >= 0.3 is 6.09 Å². The lowest BCUT2D eigenvalue weighted by Crippen LogP contribution is -2.60. The zero-order chi connectivity index (χ0) is 24.2. The monoisotopic (exact) mass is 459 g/mol. The first kappa shape index (κ1) is 25.5. The van der Waals surface area contributed by atoms with Crippen molar-refractivity contribution in [3.05, 3.63) is 35.9 Å². The third-order valence-electron chi connectivity index (χ3n) is 6.80. The summed E-state index contributed by atoms with van der Waals surface area (Å²) in [7, 11) is 0. The van der Waals surface area contributed by atoms with Crippen molar-refractivity contribution in [2.75, 3.05) is 19.6 Å². The summed E-state index contributed by atoms with van der Waals surface area (Å²) in [6.45, 7) is 11.4. The molecule has 2 fully saturated rings. The maximum atomic E-state index is 13.4. The topological polar surface area (TPSA) is 82.1 Å². The number of hydrogen-bond acceptors (Lipinski definition) is 4. The number of carbonyl (C=O) groups excluding carboxylic acids is 1. The van der Waals surface area contributed by atoms with E-state index in [0.717, 1.165) is 32.2 Å². The molecule has 1 aromatic carbocycles. The van der Waals surface area contributed by atoms with Crippen LogP contribution in [0.25, 0.3) is 0 Å². The number of hydrogen-bond donors (Lipinski definition) is 2. The average molecular weight is 460 g/mol. The number of carboxylic acid groups (broad SMARTS) is 1. The highest BCUT2D eigenvalue weighted by atomic mass is 16.5. The molecule has 0 radical (unpaired) electrons. The second kappa shape index (κ2) is 10.9. The molecule has 2 N–H and O–H groups in total. The number of rotatable bonds is 6. The summed E-state index contributed by atoms with van der Waals surface area (Å²) in [6, 6.07) is 10.2. The molecule has 0 bridgehead atoms. The Morgan fingerprint density at radius 1 is 1.06 bits per heavy atom. The number of nitrogens with one attached hydrogen (secondary N) is 1. The smallest absolute Gasteiger partial charge is 0.408 e. The standard InChI is InChI=1S/C26H41N3O4/c1-18(2)23(29(25(31)32)26(3,4)5)24(30)28-15-13-20(14-16-28)33-21-11-12-22(27-17-21)19-9-7-6-8-10-19/h6-10,18,20-23,27H,11-17H2,1-5H3,(H,31,32)/t21?,22?,23-/m0/s1. The Balaban J connectivity index is 1.51. The molecule has 0 aliphatic carbocycles. The fourth-order valence-corrected chi connectivity index (χ4v) is 5.10. The third-order valence-corrected chi connectivity index (χ3v) is 6.80. The number of amides is 2. The Kier molecular flexibility index (Phi) is 8.40. The average Bonchev–Trinajstić information content (AvgIpc) is 2.77. The number of benzene rings is 1. The second-order valence-electron chi connectivity index (χ2n) is 10.7. The van der Waals surface area contributed by atoms with Crippen molar-refractivity contribution in [1.29, 1.82) is 0 Å². The Morgan fingerprint density at radius 3 is 2.18 bits per heavy atom. The molecule has 0 aromatic heterocycles. The molecule has 2 aliphatic heterocycles. The van der Waals surface area contributed by atoms with Gasteiger partial charge in [0.2, 0.25) is 5.91 Å². The molecule has 3 rings (SSSR count). The van der Waals surface area contributed by atoms with E-state index in [1.807, 2.05) is 45.6 Å². The molecular formula is C26H41N3O4. The molecule has 3 atom stereocenters. The van der Waals surface area contributed by atoms with Crippen molar-refractivity contribution in [2.45, 2.75) is 90.1 Å². The Labute approximate surface area is 198 Å². The summed E-state index contributed by atoms with van der Waals surface area (Å²) in [5.41, 5.74) is 0.678. The summed E-state index contributed by atoms with van der Waals surface area (Å²) in [5, 5.41) is 13.4. The molecule has 1 aromatic rings. The normalized spacial score (nSPS) is 23.4. The van der Waals surface area contributed by atoms with Gasteiger partial charge in [-0.05, 0) is 57.9 Å². The van der Waals surface area contributed by atoms with E-state index in [4.69, 9.17) is 4.74 Å². The maximum absolute atomic E-state index is 13.4. The number of nitrogens with zero attached hydrogens (tertiary/aromatic N) is 2. The van der Waals surface area contributed by atoms with E-state index in [-0.39, 0.29) is 24.0 Å². The summed E-state index contributed by atoms with van der Waals surface area (Å²) >= 11 is 0.